The molecule has 7 nitrogen and oxygen atoms in total. The van der Waals surface area contributed by atoms with Gasteiger partial charge in [0.05, 0.1) is 0 Å². The lowest BCUT2D eigenvalue weighted by atomic mass is 10.0. The first-order chi connectivity index (χ1) is 16.0. The molecule has 5 rings (SSSR count). The lowest BCUT2D eigenvalue weighted by Gasteiger charge is -2.09. The van der Waals surface area contributed by atoms with Crippen molar-refractivity contribution in [1.29, 1.82) is 0 Å². The Hall–Kier alpha value is -4.65. The number of hydrogen-bond donors (Lipinski definition) is 3. The maximum absolute atomic E-state index is 13.1. The molecule has 0 fully saturated rings. The summed E-state index contributed by atoms with van der Waals surface area (Å²) < 4.78 is 5.20. The molecule has 0 saturated heterocycles. The Labute approximate surface area is 188 Å². The highest BCUT2D eigenvalue weighted by molar-refractivity contribution is 6.10. The summed E-state index contributed by atoms with van der Waals surface area (Å²) >= 11 is 0. The van der Waals surface area contributed by atoms with Crippen LogP contribution in [0, 0.1) is 6.92 Å². The lowest BCUT2D eigenvalue weighted by Crippen LogP contribution is -2.43. The molecule has 0 unspecified atom stereocenters. The summed E-state index contributed by atoms with van der Waals surface area (Å²) in [5.41, 5.74) is 7.86. The SMILES string of the molecule is Cc1ccc2[nH]c(C(=O)NNC(=O)c3cc4ccccc4oc3=O)c(-c3ccccc3)c2c1. The van der Waals surface area contributed by atoms with E-state index >= 15 is 0 Å². The van der Waals surface area contributed by atoms with Gasteiger partial charge >= 0.3 is 5.63 Å². The molecule has 162 valence electrons. The van der Waals surface area contributed by atoms with Crippen LogP contribution in [0.25, 0.3) is 33.0 Å². The number of benzene rings is 3. The predicted octanol–water partition coefficient (Wildman–Crippen LogP) is 4.32. The van der Waals surface area contributed by atoms with Crippen LogP contribution in [0.15, 0.2) is 88.1 Å². The Morgan fingerprint density at radius 3 is 2.39 bits per heavy atom. The number of hydrazine groups is 1. The normalized spacial score (nSPS) is 10.9. The van der Waals surface area contributed by atoms with Gasteiger partial charge in [0.2, 0.25) is 0 Å². The molecular formula is C26H19N3O4. The monoisotopic (exact) mass is 437 g/mol. The van der Waals surface area contributed by atoms with Gasteiger partial charge in [0, 0.05) is 21.9 Å². The van der Waals surface area contributed by atoms with Gasteiger partial charge in [-0.15, -0.1) is 0 Å². The maximum Gasteiger partial charge on any atom is 0.349 e. The van der Waals surface area contributed by atoms with Gasteiger partial charge in [-0.2, -0.15) is 0 Å². The highest BCUT2D eigenvalue weighted by Gasteiger charge is 2.21. The van der Waals surface area contributed by atoms with Crippen LogP contribution >= 0.6 is 0 Å². The van der Waals surface area contributed by atoms with Gasteiger partial charge in [-0.1, -0.05) is 60.2 Å². The number of H-pyrrole nitrogens is 1. The molecule has 2 heterocycles. The van der Waals surface area contributed by atoms with Crippen LogP contribution in [0.2, 0.25) is 0 Å². The maximum atomic E-state index is 13.1. The molecule has 0 aliphatic carbocycles. The molecule has 0 bridgehead atoms. The fraction of sp³-hybridized carbons (Fsp3) is 0.0385. The second kappa shape index (κ2) is 8.12. The second-order valence-corrected chi connectivity index (χ2v) is 7.68. The Kier molecular flexibility index (Phi) is 4.99. The van der Waals surface area contributed by atoms with Crippen LogP contribution in [0.1, 0.15) is 26.4 Å². The van der Waals surface area contributed by atoms with Gasteiger partial charge in [-0.3, -0.25) is 20.4 Å². The summed E-state index contributed by atoms with van der Waals surface area (Å²) in [6.07, 6.45) is 0. The molecule has 0 spiro atoms. The number of rotatable bonds is 3. The number of carbonyl (C=O) groups is 2. The van der Waals surface area contributed by atoms with Gasteiger partial charge in [-0.05, 0) is 36.8 Å². The van der Waals surface area contributed by atoms with E-state index in [1.54, 1.807) is 24.3 Å². The number of aromatic amines is 1. The number of aromatic nitrogens is 1. The molecule has 0 aliphatic rings. The van der Waals surface area contributed by atoms with Gasteiger partial charge in [0.15, 0.2) is 0 Å². The van der Waals surface area contributed by atoms with E-state index in [-0.39, 0.29) is 5.56 Å². The molecule has 33 heavy (non-hydrogen) atoms. The molecule has 3 N–H and O–H groups in total. The minimum absolute atomic E-state index is 0.204. The van der Waals surface area contributed by atoms with E-state index in [1.807, 2.05) is 55.5 Å². The third-order valence-electron chi connectivity index (χ3n) is 5.42. The van der Waals surface area contributed by atoms with Crippen molar-refractivity contribution in [3.8, 4) is 11.1 Å². The number of aryl methyl sites for hydroxylation is 1. The minimum Gasteiger partial charge on any atom is -0.422 e. The standard InChI is InChI=1S/C26H19N3O4/c1-15-11-12-20-18(13-15)22(16-7-3-2-4-8-16)23(27-20)25(31)29-28-24(30)19-14-17-9-5-6-10-21(17)33-26(19)32/h2-14,27H,1H3,(H,28,30)(H,29,31). The Balaban J connectivity index is 1.46. The van der Waals surface area contributed by atoms with E-state index in [1.165, 1.54) is 6.07 Å². The van der Waals surface area contributed by atoms with Gasteiger partial charge in [-0.25, -0.2) is 4.79 Å². The summed E-state index contributed by atoms with van der Waals surface area (Å²) in [7, 11) is 0. The Morgan fingerprint density at radius 2 is 1.58 bits per heavy atom. The minimum atomic E-state index is -0.786. The molecule has 0 radical (unpaired) electrons. The topological polar surface area (TPSA) is 104 Å². The smallest absolute Gasteiger partial charge is 0.349 e. The number of hydrogen-bond acceptors (Lipinski definition) is 4. The number of carbonyl (C=O) groups excluding carboxylic acids is 2. The van der Waals surface area contributed by atoms with Crippen molar-refractivity contribution in [3.05, 3.63) is 106 Å². The molecule has 5 aromatic rings. The fourth-order valence-corrected chi connectivity index (χ4v) is 3.84. The predicted molar refractivity (Wildman–Crippen MR) is 126 cm³/mol. The number of para-hydroxylation sites is 1. The fourth-order valence-electron chi connectivity index (χ4n) is 3.84. The van der Waals surface area contributed by atoms with E-state index in [0.717, 1.165) is 27.6 Å². The first-order valence-electron chi connectivity index (χ1n) is 10.3. The van der Waals surface area contributed by atoms with Crippen molar-refractivity contribution >= 4 is 33.7 Å². The molecule has 7 heteroatoms. The van der Waals surface area contributed by atoms with Crippen LogP contribution in [0.3, 0.4) is 0 Å². The third kappa shape index (κ3) is 3.76. The van der Waals surface area contributed by atoms with Crippen molar-refractivity contribution in [1.82, 2.24) is 15.8 Å². The summed E-state index contributed by atoms with van der Waals surface area (Å²) in [6, 6.07) is 23.7. The first-order valence-corrected chi connectivity index (χ1v) is 10.3. The van der Waals surface area contributed by atoms with E-state index in [4.69, 9.17) is 4.42 Å². The number of fused-ring (bicyclic) bond motifs is 2. The van der Waals surface area contributed by atoms with E-state index in [9.17, 15) is 14.4 Å². The Bertz CT molecular complexity index is 1580. The van der Waals surface area contributed by atoms with Crippen LogP contribution in [-0.4, -0.2) is 16.8 Å². The molecule has 3 aromatic carbocycles. The van der Waals surface area contributed by atoms with Crippen LogP contribution in [-0.2, 0) is 0 Å². The van der Waals surface area contributed by atoms with E-state index in [0.29, 0.717) is 16.7 Å². The van der Waals surface area contributed by atoms with Crippen molar-refractivity contribution in [2.75, 3.05) is 0 Å². The first kappa shape index (κ1) is 20.3. The lowest BCUT2D eigenvalue weighted by molar-refractivity contribution is 0.0842. The van der Waals surface area contributed by atoms with Crippen LogP contribution in [0.4, 0.5) is 0 Å². The average molecular weight is 437 g/mol. The van der Waals surface area contributed by atoms with Gasteiger partial charge < -0.3 is 9.40 Å². The van der Waals surface area contributed by atoms with Crippen molar-refractivity contribution in [2.45, 2.75) is 6.92 Å². The third-order valence-corrected chi connectivity index (χ3v) is 5.42. The quantitative estimate of drug-likeness (QED) is 0.289. The highest BCUT2D eigenvalue weighted by atomic mass is 16.4. The molecule has 0 atom stereocenters. The zero-order valence-corrected chi connectivity index (χ0v) is 17.6. The summed E-state index contributed by atoms with van der Waals surface area (Å²) in [5.74, 6) is -1.31. The number of amides is 2. The van der Waals surface area contributed by atoms with E-state index < -0.39 is 17.4 Å². The molecular weight excluding hydrogens is 418 g/mol. The van der Waals surface area contributed by atoms with Crippen molar-refractivity contribution in [3.63, 3.8) is 0 Å². The highest BCUT2D eigenvalue weighted by Crippen LogP contribution is 2.33. The molecule has 2 aromatic heterocycles. The molecule has 2 amide bonds. The average Bonchev–Trinajstić information content (AvgIpc) is 3.21. The Morgan fingerprint density at radius 1 is 0.848 bits per heavy atom. The summed E-state index contributed by atoms with van der Waals surface area (Å²) in [6.45, 7) is 1.98. The zero-order valence-electron chi connectivity index (χ0n) is 17.6. The van der Waals surface area contributed by atoms with Crippen LogP contribution < -0.4 is 16.5 Å². The summed E-state index contributed by atoms with van der Waals surface area (Å²) in [5, 5.41) is 1.50. The van der Waals surface area contributed by atoms with E-state index in [2.05, 4.69) is 15.8 Å². The van der Waals surface area contributed by atoms with Crippen LogP contribution in [0.5, 0.6) is 0 Å². The summed E-state index contributed by atoms with van der Waals surface area (Å²) in [4.78, 5) is 41.1. The second-order valence-electron chi connectivity index (χ2n) is 7.68. The number of nitrogens with one attached hydrogen (secondary N) is 3. The van der Waals surface area contributed by atoms with Gasteiger partial charge in [0.1, 0.15) is 16.8 Å². The van der Waals surface area contributed by atoms with Crippen molar-refractivity contribution in [2.24, 2.45) is 0 Å². The van der Waals surface area contributed by atoms with Gasteiger partial charge in [0.25, 0.3) is 11.8 Å². The largest absolute Gasteiger partial charge is 0.422 e. The molecule has 0 aliphatic heterocycles. The van der Waals surface area contributed by atoms with Crippen molar-refractivity contribution < 1.29 is 14.0 Å². The molecule has 0 saturated carbocycles. The zero-order chi connectivity index (χ0) is 22.9.